The van der Waals surface area contributed by atoms with E-state index in [0.717, 1.165) is 5.56 Å². The molecule has 1 aliphatic heterocycles. The van der Waals surface area contributed by atoms with Gasteiger partial charge in [-0.2, -0.15) is 5.26 Å². The molecule has 32 heavy (non-hydrogen) atoms. The van der Waals surface area contributed by atoms with Crippen LogP contribution in [0.5, 0.6) is 11.5 Å². The van der Waals surface area contributed by atoms with Crippen molar-refractivity contribution in [2.45, 2.75) is 6.92 Å². The molecule has 2 aromatic carbocycles. The van der Waals surface area contributed by atoms with Gasteiger partial charge in [-0.15, -0.1) is 0 Å². The minimum atomic E-state index is -0.390. The van der Waals surface area contributed by atoms with E-state index in [2.05, 4.69) is 4.99 Å². The van der Waals surface area contributed by atoms with Crippen LogP contribution in [0.15, 0.2) is 52.4 Å². The van der Waals surface area contributed by atoms with Crippen LogP contribution < -0.4 is 9.47 Å². The Morgan fingerprint density at radius 2 is 1.97 bits per heavy atom. The highest BCUT2D eigenvalue weighted by molar-refractivity contribution is 8.18. The predicted molar refractivity (Wildman–Crippen MR) is 122 cm³/mol. The number of rotatable bonds is 7. The molecule has 1 saturated heterocycles. The maximum atomic E-state index is 12.7. The zero-order valence-corrected chi connectivity index (χ0v) is 18.6. The highest BCUT2D eigenvalue weighted by atomic mass is 32.2. The first-order chi connectivity index (χ1) is 15.5. The van der Waals surface area contributed by atoms with Gasteiger partial charge in [0, 0.05) is 7.05 Å². The smallest absolute Gasteiger partial charge is 0.338 e. The average molecular weight is 452 g/mol. The van der Waals surface area contributed by atoms with Gasteiger partial charge in [-0.3, -0.25) is 9.69 Å². The van der Waals surface area contributed by atoms with E-state index in [1.807, 2.05) is 6.07 Å². The predicted octanol–water partition coefficient (Wildman–Crippen LogP) is 4.01. The Morgan fingerprint density at radius 1 is 1.22 bits per heavy atom. The molecule has 0 aromatic heterocycles. The van der Waals surface area contributed by atoms with Gasteiger partial charge < -0.3 is 14.2 Å². The third-order valence-electron chi connectivity index (χ3n) is 4.38. The first kappa shape index (κ1) is 22.9. The number of amidine groups is 1. The van der Waals surface area contributed by atoms with Crippen LogP contribution in [-0.2, 0) is 9.53 Å². The molecule has 0 radical (unpaired) electrons. The van der Waals surface area contributed by atoms with Crippen LogP contribution in [0.3, 0.4) is 0 Å². The maximum Gasteiger partial charge on any atom is 0.338 e. The van der Waals surface area contributed by atoms with E-state index < -0.39 is 0 Å². The van der Waals surface area contributed by atoms with Gasteiger partial charge in [0.1, 0.15) is 6.07 Å². The number of carbonyl (C=O) groups is 2. The summed E-state index contributed by atoms with van der Waals surface area (Å²) in [7, 11) is 3.16. The number of ether oxygens (including phenoxy) is 3. The highest BCUT2D eigenvalue weighted by Crippen LogP contribution is 2.35. The van der Waals surface area contributed by atoms with Gasteiger partial charge in [0.25, 0.3) is 5.91 Å². The fraction of sp³-hybridized carbons (Fsp3) is 0.217. The molecular weight excluding hydrogens is 430 g/mol. The van der Waals surface area contributed by atoms with Crippen molar-refractivity contribution >= 4 is 40.6 Å². The standard InChI is InChI=1S/C23H21N3O5S/c1-4-30-22(28)16-6-8-17(9-7-16)25-23-26(2)21(27)20(32-23)14-15-5-10-18(31-12-11-24)19(13-15)29-3/h5-10,13-14H,4,12H2,1-3H3/b20-14-,25-23?. The SMILES string of the molecule is CCOC(=O)c1ccc(N=C2S/C(=C\c3ccc(OCC#N)c(OC)c3)C(=O)N2C)cc1. The molecule has 0 aliphatic carbocycles. The number of hydrogen-bond acceptors (Lipinski definition) is 8. The number of amides is 1. The second-order valence-corrected chi connectivity index (χ2v) is 7.50. The molecule has 1 aliphatic rings. The van der Waals surface area contributed by atoms with Gasteiger partial charge in [-0.25, -0.2) is 9.79 Å². The summed E-state index contributed by atoms with van der Waals surface area (Å²) < 4.78 is 15.6. The van der Waals surface area contributed by atoms with Crippen molar-refractivity contribution < 1.29 is 23.8 Å². The van der Waals surface area contributed by atoms with E-state index >= 15 is 0 Å². The number of carbonyl (C=O) groups excluding carboxylic acids is 2. The van der Waals surface area contributed by atoms with Gasteiger partial charge in [0.15, 0.2) is 23.3 Å². The Kier molecular flexibility index (Phi) is 7.52. The molecule has 1 fully saturated rings. The van der Waals surface area contributed by atoms with Crippen molar-refractivity contribution in [3.63, 3.8) is 0 Å². The van der Waals surface area contributed by atoms with Gasteiger partial charge in [0.2, 0.25) is 0 Å². The van der Waals surface area contributed by atoms with Crippen LogP contribution in [0.2, 0.25) is 0 Å². The fourth-order valence-corrected chi connectivity index (χ4v) is 3.79. The number of thioether (sulfide) groups is 1. The number of likely N-dealkylation sites (N-methyl/N-ethyl adjacent to an activating group) is 1. The molecule has 9 heteroatoms. The quantitative estimate of drug-likeness (QED) is 0.463. The lowest BCUT2D eigenvalue weighted by Crippen LogP contribution is -2.23. The van der Waals surface area contributed by atoms with Gasteiger partial charge >= 0.3 is 5.97 Å². The average Bonchev–Trinajstić information content (AvgIpc) is 3.06. The number of methoxy groups -OCH3 is 1. The number of aliphatic imine (C=N–C) groups is 1. The van der Waals surface area contributed by atoms with Crippen molar-refractivity contribution in [3.05, 3.63) is 58.5 Å². The molecule has 1 amide bonds. The van der Waals surface area contributed by atoms with Gasteiger partial charge in [-0.1, -0.05) is 6.07 Å². The molecular formula is C23H21N3O5S. The number of hydrogen-bond donors (Lipinski definition) is 0. The Bertz CT molecular complexity index is 1120. The summed E-state index contributed by atoms with van der Waals surface area (Å²) in [5.41, 5.74) is 1.80. The van der Waals surface area contributed by atoms with Crippen LogP contribution in [0.25, 0.3) is 6.08 Å². The molecule has 0 spiro atoms. The fourth-order valence-electron chi connectivity index (χ4n) is 2.80. The third-order valence-corrected chi connectivity index (χ3v) is 5.44. The minimum absolute atomic E-state index is 0.0868. The summed E-state index contributed by atoms with van der Waals surface area (Å²) in [5.74, 6) is 0.348. The molecule has 164 valence electrons. The zero-order valence-electron chi connectivity index (χ0n) is 17.8. The molecule has 3 rings (SSSR count). The second-order valence-electron chi connectivity index (χ2n) is 6.49. The van der Waals surface area contributed by atoms with E-state index in [0.29, 0.717) is 39.4 Å². The molecule has 2 aromatic rings. The van der Waals surface area contributed by atoms with Crippen LogP contribution in [-0.4, -0.2) is 49.3 Å². The minimum Gasteiger partial charge on any atom is -0.493 e. The lowest BCUT2D eigenvalue weighted by molar-refractivity contribution is -0.121. The number of nitrogens with zero attached hydrogens (tertiary/aromatic N) is 3. The molecule has 1 heterocycles. The third kappa shape index (κ3) is 5.28. The van der Waals surface area contributed by atoms with E-state index in [1.165, 1.54) is 23.8 Å². The Hall–Kier alpha value is -3.77. The second kappa shape index (κ2) is 10.5. The van der Waals surface area contributed by atoms with Gasteiger partial charge in [-0.05, 0) is 66.7 Å². The summed E-state index contributed by atoms with van der Waals surface area (Å²) >= 11 is 1.25. The molecule has 0 atom stereocenters. The molecule has 0 unspecified atom stereocenters. The summed E-state index contributed by atoms with van der Waals surface area (Å²) in [4.78, 5) is 31.0. The zero-order chi connectivity index (χ0) is 23.1. The molecule has 0 saturated carbocycles. The lowest BCUT2D eigenvalue weighted by Gasteiger charge is -2.09. The normalized spacial score (nSPS) is 15.7. The summed E-state index contributed by atoms with van der Waals surface area (Å²) in [6, 6.07) is 13.8. The number of esters is 1. The van der Waals surface area contributed by atoms with Crippen molar-refractivity contribution in [1.29, 1.82) is 5.26 Å². The van der Waals surface area contributed by atoms with Gasteiger partial charge in [0.05, 0.1) is 29.9 Å². The van der Waals surface area contributed by atoms with Crippen molar-refractivity contribution in [1.82, 2.24) is 4.90 Å². The summed E-state index contributed by atoms with van der Waals surface area (Å²) in [6.07, 6.45) is 1.74. The summed E-state index contributed by atoms with van der Waals surface area (Å²) in [6.45, 7) is 1.97. The monoisotopic (exact) mass is 451 g/mol. The van der Waals surface area contributed by atoms with Crippen molar-refractivity contribution in [2.75, 3.05) is 27.4 Å². The largest absolute Gasteiger partial charge is 0.493 e. The number of benzene rings is 2. The van der Waals surface area contributed by atoms with E-state index in [1.54, 1.807) is 62.5 Å². The first-order valence-electron chi connectivity index (χ1n) is 9.68. The summed E-state index contributed by atoms with van der Waals surface area (Å²) in [5, 5.41) is 9.20. The molecule has 8 nitrogen and oxygen atoms in total. The van der Waals surface area contributed by atoms with E-state index in [9.17, 15) is 9.59 Å². The van der Waals surface area contributed by atoms with E-state index in [4.69, 9.17) is 19.5 Å². The van der Waals surface area contributed by atoms with Crippen molar-refractivity contribution in [2.24, 2.45) is 4.99 Å². The molecule has 0 bridgehead atoms. The Morgan fingerprint density at radius 3 is 2.62 bits per heavy atom. The van der Waals surface area contributed by atoms with Crippen LogP contribution in [0.1, 0.15) is 22.8 Å². The highest BCUT2D eigenvalue weighted by Gasteiger charge is 2.30. The topological polar surface area (TPSA) is 101 Å². The first-order valence-corrected chi connectivity index (χ1v) is 10.5. The van der Waals surface area contributed by atoms with Crippen LogP contribution in [0.4, 0.5) is 5.69 Å². The number of nitriles is 1. The Balaban J connectivity index is 1.80. The maximum absolute atomic E-state index is 12.7. The lowest BCUT2D eigenvalue weighted by atomic mass is 10.2. The van der Waals surface area contributed by atoms with Crippen molar-refractivity contribution in [3.8, 4) is 17.6 Å². The molecule has 0 N–H and O–H groups in total. The van der Waals surface area contributed by atoms with Crippen LogP contribution in [0, 0.1) is 11.3 Å². The van der Waals surface area contributed by atoms with Crippen LogP contribution >= 0.6 is 11.8 Å². The van der Waals surface area contributed by atoms with E-state index in [-0.39, 0.29) is 18.5 Å². The Labute approximate surface area is 190 Å².